The zero-order chi connectivity index (χ0) is 26.8. The number of amides is 1. The van der Waals surface area contributed by atoms with Crippen LogP contribution in [-0.4, -0.2) is 27.0 Å². The number of carboxylic acids is 1. The van der Waals surface area contributed by atoms with Gasteiger partial charge in [0.1, 0.15) is 0 Å². The molecule has 3 rings (SSSR count). The molecule has 7 nitrogen and oxygen atoms in total. The average molecular weight is 495 g/mol. The molecule has 1 aromatic heterocycles. The van der Waals surface area contributed by atoms with E-state index in [0.29, 0.717) is 48.0 Å². The van der Waals surface area contributed by atoms with E-state index >= 15 is 0 Å². The van der Waals surface area contributed by atoms with E-state index in [1.54, 1.807) is 30.3 Å². The van der Waals surface area contributed by atoms with Gasteiger partial charge in [0.25, 0.3) is 5.91 Å². The Labute approximate surface area is 216 Å². The number of unbranched alkanes of at least 4 members (excludes halogenated alkanes) is 1. The van der Waals surface area contributed by atoms with Crippen molar-refractivity contribution >= 4 is 28.5 Å². The van der Waals surface area contributed by atoms with Gasteiger partial charge in [0.15, 0.2) is 0 Å². The topological polar surface area (TPSA) is 116 Å². The maximum Gasteiger partial charge on any atom is 0.303 e. The van der Waals surface area contributed by atoms with Gasteiger partial charge >= 0.3 is 5.97 Å². The number of allylic oxidation sites excluding steroid dienone is 5. The molecule has 0 saturated carbocycles. The molecule has 0 unspecified atom stereocenters. The Morgan fingerprint density at radius 3 is 2.49 bits per heavy atom. The number of carbonyl (C=O) groups excluding carboxylic acids is 1. The highest BCUT2D eigenvalue weighted by Crippen LogP contribution is 2.24. The molecule has 0 fully saturated rings. The number of benzene rings is 2. The summed E-state index contributed by atoms with van der Waals surface area (Å²) in [7, 11) is 0. The maximum absolute atomic E-state index is 12.8. The minimum atomic E-state index is -0.819. The lowest BCUT2D eigenvalue weighted by Crippen LogP contribution is -2.22. The lowest BCUT2D eigenvalue weighted by Gasteiger charge is -2.12. The van der Waals surface area contributed by atoms with Gasteiger partial charge in [0.05, 0.1) is 34.1 Å². The van der Waals surface area contributed by atoms with Crippen LogP contribution in [0.5, 0.6) is 0 Å². The van der Waals surface area contributed by atoms with Gasteiger partial charge in [0.2, 0.25) is 0 Å². The van der Waals surface area contributed by atoms with Crippen molar-refractivity contribution < 1.29 is 14.7 Å². The largest absolute Gasteiger partial charge is 0.481 e. The molecule has 188 valence electrons. The van der Waals surface area contributed by atoms with E-state index in [1.165, 1.54) is 0 Å². The highest BCUT2D eigenvalue weighted by Gasteiger charge is 2.14. The monoisotopic (exact) mass is 494 g/mol. The number of carbonyl (C=O) groups is 2. The zero-order valence-electron chi connectivity index (χ0n) is 21.1. The van der Waals surface area contributed by atoms with Crippen molar-refractivity contribution in [1.82, 2.24) is 15.3 Å². The lowest BCUT2D eigenvalue weighted by molar-refractivity contribution is -0.137. The first-order valence-electron chi connectivity index (χ1n) is 12.1. The summed E-state index contributed by atoms with van der Waals surface area (Å²) < 4.78 is 0. The number of aromatic nitrogens is 2. The number of aryl methyl sites for hydroxylation is 1. The van der Waals surface area contributed by atoms with Crippen LogP contribution in [0, 0.1) is 11.3 Å². The van der Waals surface area contributed by atoms with Crippen molar-refractivity contribution in [2.24, 2.45) is 0 Å². The van der Waals surface area contributed by atoms with E-state index in [0.717, 1.165) is 28.1 Å². The summed E-state index contributed by atoms with van der Waals surface area (Å²) in [5.41, 5.74) is 6.49. The van der Waals surface area contributed by atoms with E-state index < -0.39 is 5.97 Å². The van der Waals surface area contributed by atoms with Crippen molar-refractivity contribution in [3.05, 3.63) is 101 Å². The molecule has 0 aliphatic carbocycles. The highest BCUT2D eigenvalue weighted by molar-refractivity contribution is 5.97. The zero-order valence-corrected chi connectivity index (χ0v) is 21.1. The molecule has 1 amide bonds. The standard InChI is InChI=1S/C30H30N4O3/c1-4-23(14-9-20(2)3)29-26(7-5-6-8-28(35)36)33-27-17-24(15-16-25(27)34-29)30(37)32-19-22-12-10-21(18-31)11-13-22/h4,9-17H,2,5-8,19H2,1,3H3,(H,32,37)(H,35,36)/b14-9-,23-4+. The normalized spacial score (nSPS) is 11.4. The second-order valence-corrected chi connectivity index (χ2v) is 8.74. The van der Waals surface area contributed by atoms with Crippen LogP contribution in [-0.2, 0) is 17.8 Å². The van der Waals surface area contributed by atoms with E-state index in [4.69, 9.17) is 20.3 Å². The van der Waals surface area contributed by atoms with Crippen LogP contribution in [0.3, 0.4) is 0 Å². The SMILES string of the molecule is C=C(C)/C=C\C(=C/C)c1nc2ccc(C(=O)NCc3ccc(C#N)cc3)cc2nc1CCCCC(=O)O. The summed E-state index contributed by atoms with van der Waals surface area (Å²) in [5.74, 6) is -1.06. The molecule has 3 aromatic rings. The molecular weight excluding hydrogens is 464 g/mol. The third kappa shape index (κ3) is 7.71. The number of fused-ring (bicyclic) bond motifs is 1. The summed E-state index contributed by atoms with van der Waals surface area (Å²) in [5, 5.41) is 20.8. The first-order valence-corrected chi connectivity index (χ1v) is 12.1. The smallest absolute Gasteiger partial charge is 0.303 e. The van der Waals surface area contributed by atoms with Crippen LogP contribution < -0.4 is 5.32 Å². The highest BCUT2D eigenvalue weighted by atomic mass is 16.4. The molecule has 0 atom stereocenters. The number of nitrogens with zero attached hydrogens (tertiary/aromatic N) is 3. The second-order valence-electron chi connectivity index (χ2n) is 8.74. The lowest BCUT2D eigenvalue weighted by atomic mass is 10.0. The van der Waals surface area contributed by atoms with Gasteiger partial charge in [-0.05, 0) is 74.6 Å². The number of hydrogen-bond donors (Lipinski definition) is 2. The Morgan fingerprint density at radius 2 is 1.84 bits per heavy atom. The molecule has 37 heavy (non-hydrogen) atoms. The summed E-state index contributed by atoms with van der Waals surface area (Å²) in [6, 6.07) is 14.4. The number of hydrogen-bond acceptors (Lipinski definition) is 5. The van der Waals surface area contributed by atoms with Crippen LogP contribution in [0.4, 0.5) is 0 Å². The van der Waals surface area contributed by atoms with Gasteiger partial charge in [-0.15, -0.1) is 0 Å². The Morgan fingerprint density at radius 1 is 1.08 bits per heavy atom. The van der Waals surface area contributed by atoms with Crippen molar-refractivity contribution in [2.75, 3.05) is 0 Å². The van der Waals surface area contributed by atoms with Crippen molar-refractivity contribution in [1.29, 1.82) is 5.26 Å². The Kier molecular flexibility index (Phi) is 9.45. The molecule has 0 spiro atoms. The fourth-order valence-corrected chi connectivity index (χ4v) is 3.73. The van der Waals surface area contributed by atoms with Gasteiger partial charge in [-0.25, -0.2) is 9.97 Å². The average Bonchev–Trinajstić information content (AvgIpc) is 2.89. The minimum absolute atomic E-state index is 0.103. The van der Waals surface area contributed by atoms with Gasteiger partial charge < -0.3 is 10.4 Å². The number of nitrogens with one attached hydrogen (secondary N) is 1. The van der Waals surface area contributed by atoms with Crippen molar-refractivity contribution in [2.45, 2.75) is 46.1 Å². The van der Waals surface area contributed by atoms with Gasteiger partial charge in [-0.1, -0.05) is 42.5 Å². The molecule has 2 N–H and O–H groups in total. The van der Waals surface area contributed by atoms with Crippen molar-refractivity contribution in [3.63, 3.8) is 0 Å². The van der Waals surface area contributed by atoms with Crippen molar-refractivity contribution in [3.8, 4) is 6.07 Å². The number of aliphatic carboxylic acids is 1. The predicted molar refractivity (Wildman–Crippen MR) is 145 cm³/mol. The first-order chi connectivity index (χ1) is 17.8. The van der Waals surface area contributed by atoms with Crippen LogP contribution >= 0.6 is 0 Å². The van der Waals surface area contributed by atoms with E-state index in [1.807, 2.05) is 44.2 Å². The van der Waals surface area contributed by atoms with Gasteiger partial charge in [-0.3, -0.25) is 9.59 Å². The molecule has 0 aliphatic heterocycles. The number of rotatable bonds is 11. The fraction of sp³-hybridized carbons (Fsp3) is 0.233. The number of carboxylic acid groups (broad SMARTS) is 1. The minimum Gasteiger partial charge on any atom is -0.481 e. The molecule has 0 saturated heterocycles. The maximum atomic E-state index is 12.8. The van der Waals surface area contributed by atoms with Gasteiger partial charge in [0, 0.05) is 18.5 Å². The third-order valence-corrected chi connectivity index (χ3v) is 5.72. The summed E-state index contributed by atoms with van der Waals surface area (Å²) in [6.45, 7) is 8.09. The quantitative estimate of drug-likeness (QED) is 0.258. The second kappa shape index (κ2) is 12.9. The summed E-state index contributed by atoms with van der Waals surface area (Å²) in [6.07, 6.45) is 7.69. The molecule has 0 radical (unpaired) electrons. The van der Waals surface area contributed by atoms with Gasteiger partial charge in [-0.2, -0.15) is 5.26 Å². The molecule has 1 heterocycles. The van der Waals surface area contributed by atoms with E-state index in [9.17, 15) is 9.59 Å². The van der Waals surface area contributed by atoms with Crippen LogP contribution in [0.2, 0.25) is 0 Å². The molecule has 0 bridgehead atoms. The third-order valence-electron chi connectivity index (χ3n) is 5.72. The summed E-state index contributed by atoms with van der Waals surface area (Å²) in [4.78, 5) is 33.5. The van der Waals surface area contributed by atoms with Crippen LogP contribution in [0.1, 0.15) is 66.0 Å². The molecule has 7 heteroatoms. The Hall–Kier alpha value is -4.57. The van der Waals surface area contributed by atoms with E-state index in [2.05, 4.69) is 18.0 Å². The molecule has 0 aliphatic rings. The Bertz CT molecular complexity index is 1410. The summed E-state index contributed by atoms with van der Waals surface area (Å²) >= 11 is 0. The van der Waals surface area contributed by atoms with E-state index in [-0.39, 0.29) is 12.3 Å². The first kappa shape index (κ1) is 27.0. The fourth-order valence-electron chi connectivity index (χ4n) is 3.73. The Balaban J connectivity index is 1.88. The molecule has 2 aromatic carbocycles. The molecular formula is C30H30N4O3. The number of nitriles is 1. The van der Waals surface area contributed by atoms with Crippen LogP contribution in [0.15, 0.2) is 72.8 Å². The van der Waals surface area contributed by atoms with Crippen LogP contribution in [0.25, 0.3) is 16.6 Å². The predicted octanol–water partition coefficient (Wildman–Crippen LogP) is 5.76.